The first-order chi connectivity index (χ1) is 31.0. The minimum Gasteiger partial charge on any atom is -0.493 e. The Morgan fingerprint density at radius 2 is 1.13 bits per heavy atom. The maximum atomic E-state index is 14.4. The van der Waals surface area contributed by atoms with Gasteiger partial charge in [0.25, 0.3) is 17.7 Å². The van der Waals surface area contributed by atoms with Gasteiger partial charge in [0.2, 0.25) is 17.5 Å². The largest absolute Gasteiger partial charge is 0.493 e. The molecule has 8 atom stereocenters. The Bertz CT molecular complexity index is 2580. The van der Waals surface area contributed by atoms with Crippen LogP contribution in [0, 0.1) is 42.0 Å². The first-order valence-electron chi connectivity index (χ1n) is 19.7. The minimum atomic E-state index is -4.89. The van der Waals surface area contributed by atoms with Gasteiger partial charge >= 0.3 is 12.4 Å². The maximum absolute atomic E-state index is 14.4. The Kier molecular flexibility index (Phi) is 14.6. The monoisotopic (exact) mass is 960 g/mol. The third-order valence-corrected chi connectivity index (χ3v) is 12.0. The third kappa shape index (κ3) is 9.67. The predicted octanol–water partition coefficient (Wildman–Crippen LogP) is 7.40. The van der Waals surface area contributed by atoms with Gasteiger partial charge in [0, 0.05) is 52.9 Å². The normalized spacial score (nSPS) is 24.9. The van der Waals surface area contributed by atoms with Crippen molar-refractivity contribution in [2.75, 3.05) is 24.9 Å². The van der Waals surface area contributed by atoms with Crippen molar-refractivity contribution < 1.29 is 82.0 Å². The van der Waals surface area contributed by atoms with Crippen molar-refractivity contribution in [2.24, 2.45) is 23.3 Å². The Balaban J connectivity index is 0.000000251. The molecule has 0 bridgehead atoms. The van der Waals surface area contributed by atoms with E-state index in [9.17, 15) is 63.1 Å². The number of anilines is 2. The highest BCUT2D eigenvalue weighted by Gasteiger charge is 2.67. The quantitative estimate of drug-likeness (QED) is 0.116. The molecule has 2 aromatic heterocycles. The average molecular weight is 961 g/mol. The molecule has 4 aromatic rings. The van der Waals surface area contributed by atoms with Crippen LogP contribution in [0.3, 0.4) is 0 Å². The molecule has 2 aliphatic rings. The number of benzene rings is 2. The fourth-order valence-corrected chi connectivity index (χ4v) is 7.93. The van der Waals surface area contributed by atoms with Gasteiger partial charge in [0.1, 0.15) is 17.9 Å². The van der Waals surface area contributed by atoms with Crippen molar-refractivity contribution in [1.29, 1.82) is 0 Å². The summed E-state index contributed by atoms with van der Waals surface area (Å²) < 4.78 is 160. The molecule has 2 saturated heterocycles. The van der Waals surface area contributed by atoms with Crippen molar-refractivity contribution in [3.05, 3.63) is 106 Å². The number of aryl methyl sites for hydroxylation is 1. The number of aromatic nitrogens is 2. The van der Waals surface area contributed by atoms with Gasteiger partial charge in [-0.3, -0.25) is 29.1 Å². The highest BCUT2D eigenvalue weighted by molar-refractivity contribution is 5.99. The fraction of sp³-hybridized carbons (Fsp3) is 0.395. The molecule has 2 aromatic carbocycles. The summed E-state index contributed by atoms with van der Waals surface area (Å²) in [7, 11) is 2.06. The number of carbonyl (C=O) groups excluding carboxylic acids is 4. The highest BCUT2D eigenvalue weighted by Crippen LogP contribution is 2.56. The lowest BCUT2D eigenvalue weighted by molar-refractivity contribution is -0.272. The van der Waals surface area contributed by atoms with Crippen LogP contribution in [0.15, 0.2) is 55.0 Å². The van der Waals surface area contributed by atoms with E-state index in [0.717, 1.165) is 64.7 Å². The number of nitrogens with one attached hydrogen (secondary N) is 2. The van der Waals surface area contributed by atoms with Crippen LogP contribution in [-0.2, 0) is 19.1 Å². The van der Waals surface area contributed by atoms with E-state index in [0.29, 0.717) is 5.56 Å². The molecule has 67 heavy (non-hydrogen) atoms. The summed E-state index contributed by atoms with van der Waals surface area (Å²) in [5.74, 6) is -15.9. The fourth-order valence-electron chi connectivity index (χ4n) is 7.93. The smallest absolute Gasteiger partial charge is 0.417 e. The Morgan fingerprint density at radius 3 is 1.54 bits per heavy atom. The molecule has 2 fully saturated rings. The molecule has 0 radical (unpaired) electrons. The second-order valence-electron chi connectivity index (χ2n) is 15.9. The molecule has 14 nitrogen and oxygen atoms in total. The molecule has 0 unspecified atom stereocenters. The number of hydrogen-bond acceptors (Lipinski definition) is 10. The van der Waals surface area contributed by atoms with Crippen molar-refractivity contribution in [2.45, 2.75) is 82.2 Å². The molecule has 0 saturated carbocycles. The summed E-state index contributed by atoms with van der Waals surface area (Å²) in [6.07, 6.45) is -9.78. The van der Waals surface area contributed by atoms with Crippen LogP contribution in [0.25, 0.3) is 0 Å². The lowest BCUT2D eigenvalue weighted by Crippen LogP contribution is -2.47. The van der Waals surface area contributed by atoms with E-state index in [2.05, 4.69) is 20.6 Å². The highest BCUT2D eigenvalue weighted by atomic mass is 19.4. The number of ether oxygens (including phenoxy) is 4. The minimum absolute atomic E-state index is 0.0239. The number of halogens is 10. The van der Waals surface area contributed by atoms with Crippen molar-refractivity contribution in [1.82, 2.24) is 9.97 Å². The molecule has 6 rings (SSSR count). The topological polar surface area (TPSA) is 207 Å². The first-order valence-corrected chi connectivity index (χ1v) is 19.7. The van der Waals surface area contributed by atoms with E-state index in [1.165, 1.54) is 32.2 Å². The zero-order chi connectivity index (χ0) is 50.3. The summed E-state index contributed by atoms with van der Waals surface area (Å²) in [6, 6.07) is 5.95. The van der Waals surface area contributed by atoms with Gasteiger partial charge in [0.05, 0.1) is 31.7 Å². The van der Waals surface area contributed by atoms with Gasteiger partial charge in [-0.25, -0.2) is 8.78 Å². The number of rotatable bonds is 10. The Morgan fingerprint density at radius 1 is 0.687 bits per heavy atom. The van der Waals surface area contributed by atoms with Crippen molar-refractivity contribution in [3.8, 4) is 11.5 Å². The van der Waals surface area contributed by atoms with Crippen LogP contribution in [0.2, 0.25) is 0 Å². The first kappa shape index (κ1) is 51.4. The van der Waals surface area contributed by atoms with Gasteiger partial charge in [-0.2, -0.15) is 35.1 Å². The van der Waals surface area contributed by atoms with Crippen LogP contribution in [0.1, 0.15) is 77.1 Å². The van der Waals surface area contributed by atoms with Gasteiger partial charge in [-0.05, 0) is 50.6 Å². The van der Waals surface area contributed by atoms with E-state index >= 15 is 0 Å². The predicted molar refractivity (Wildman–Crippen MR) is 216 cm³/mol. The summed E-state index contributed by atoms with van der Waals surface area (Å²) in [6.45, 7) is 5.50. The number of hydrogen-bond donors (Lipinski definition) is 4. The number of nitrogens with two attached hydrogens (primary N) is 2. The molecular weight excluding hydrogens is 918 g/mol. The molecular formula is C43H42F10N6O8. The van der Waals surface area contributed by atoms with Crippen LogP contribution in [0.5, 0.6) is 11.5 Å². The lowest BCUT2D eigenvalue weighted by Gasteiger charge is -2.32. The number of methoxy groups -OCH3 is 2. The maximum Gasteiger partial charge on any atom is 0.417 e. The van der Waals surface area contributed by atoms with Gasteiger partial charge in [-0.15, -0.1) is 0 Å². The summed E-state index contributed by atoms with van der Waals surface area (Å²) in [5.41, 5.74) is 4.68. The molecule has 2 aliphatic heterocycles. The van der Waals surface area contributed by atoms with Gasteiger partial charge < -0.3 is 41.0 Å². The number of pyridine rings is 2. The third-order valence-electron chi connectivity index (χ3n) is 12.0. The van der Waals surface area contributed by atoms with Crippen LogP contribution in [-0.4, -0.2) is 83.6 Å². The SMILES string of the molecule is COc1c([C@H]2[C@H](C(=O)Nc3cc(C(N)=O)ncc3C)O[C@@](C)(C(F)(F)F)[C@H]2C)ccc(F)c1F.COc1c([C@H]2[C@H](C(=O)Nc3cncc(C(N)=O)c3)O[C@@](C)(C(F)(F)F)[C@H]2C)ccc(F)c1F. The van der Waals surface area contributed by atoms with E-state index in [-0.39, 0.29) is 33.8 Å². The summed E-state index contributed by atoms with van der Waals surface area (Å²) >= 11 is 0. The molecule has 24 heteroatoms. The molecule has 4 amide bonds. The molecule has 4 heterocycles. The average Bonchev–Trinajstić information content (AvgIpc) is 3.70. The molecule has 362 valence electrons. The second-order valence-corrected chi connectivity index (χ2v) is 15.9. The standard InChI is InChI=1S/C22H22F5N3O4.C21H20F5N3O4/c1-9-8-29-14(19(28)31)7-13(9)30-20(32)18-15(10(2)21(3,34-18)22(25,26)27)11-5-6-12(23)16(24)17(11)33-4;1-9-14(12-4-5-13(22)15(23)16(12)32-3)17(33-20(9,2)21(24,25)26)19(31)29-11-6-10(18(27)30)7-28-8-11/h5-8,10,15,18H,1-4H3,(H2,28,31)(H,29,30,32);4-9,14,17H,1-3H3,(H2,27,30)(H,29,31)/t10-,15-,18+,21+;9-,14-,17+,20+/m00/s1. The van der Waals surface area contributed by atoms with E-state index in [1.54, 1.807) is 6.92 Å². The Labute approximate surface area is 374 Å². The second kappa shape index (κ2) is 19.0. The van der Waals surface area contributed by atoms with Crippen molar-refractivity contribution >= 4 is 35.0 Å². The number of primary amides is 2. The van der Waals surface area contributed by atoms with E-state index in [1.807, 2.05) is 0 Å². The van der Waals surface area contributed by atoms with Crippen molar-refractivity contribution in [3.63, 3.8) is 0 Å². The number of amides is 4. The van der Waals surface area contributed by atoms with E-state index < -0.39 is 118 Å². The Hall–Kier alpha value is -6.56. The summed E-state index contributed by atoms with van der Waals surface area (Å²) in [5, 5.41) is 4.77. The van der Waals surface area contributed by atoms with Crippen LogP contribution >= 0.6 is 0 Å². The van der Waals surface area contributed by atoms with E-state index in [4.69, 9.17) is 30.4 Å². The molecule has 0 spiro atoms. The number of alkyl halides is 6. The summed E-state index contributed by atoms with van der Waals surface area (Å²) in [4.78, 5) is 56.6. The number of carbonyl (C=O) groups is 4. The zero-order valence-corrected chi connectivity index (χ0v) is 36.3. The number of nitrogens with zero attached hydrogens (tertiary/aromatic N) is 2. The van der Waals surface area contributed by atoms with Crippen LogP contribution in [0.4, 0.5) is 55.3 Å². The zero-order valence-electron chi connectivity index (χ0n) is 36.3. The van der Waals surface area contributed by atoms with Gasteiger partial charge in [-0.1, -0.05) is 26.0 Å². The van der Waals surface area contributed by atoms with Crippen LogP contribution < -0.4 is 31.6 Å². The molecule has 6 N–H and O–H groups in total. The molecule has 0 aliphatic carbocycles. The lowest BCUT2D eigenvalue weighted by atomic mass is 9.77. The van der Waals surface area contributed by atoms with Gasteiger partial charge in [0.15, 0.2) is 34.3 Å².